The maximum Gasteiger partial charge on any atom is 0.306 e. The second-order valence-corrected chi connectivity index (χ2v) is 5.29. The number of esters is 1. The highest BCUT2D eigenvalue weighted by Gasteiger charge is 2.10. The first-order valence-corrected chi connectivity index (χ1v) is 6.33. The molecule has 14 heavy (non-hydrogen) atoms. The van der Waals surface area contributed by atoms with Crippen molar-refractivity contribution >= 4 is 17.7 Å². The van der Waals surface area contributed by atoms with E-state index >= 15 is 0 Å². The number of hydrogen-bond acceptors (Lipinski definition) is 3. The van der Waals surface area contributed by atoms with Crippen molar-refractivity contribution < 1.29 is 9.53 Å². The van der Waals surface area contributed by atoms with Crippen LogP contribution in [0.5, 0.6) is 0 Å². The van der Waals surface area contributed by atoms with Crippen LogP contribution >= 0.6 is 11.8 Å². The van der Waals surface area contributed by atoms with Crippen LogP contribution in [0.25, 0.3) is 0 Å². The monoisotopic (exact) mass is 218 g/mol. The molecule has 3 heteroatoms. The second kappa shape index (κ2) is 8.16. The fourth-order valence-electron chi connectivity index (χ4n) is 1.28. The Bertz CT molecular complexity index is 159. The van der Waals surface area contributed by atoms with Gasteiger partial charge in [0.2, 0.25) is 0 Å². The molecule has 0 heterocycles. The van der Waals surface area contributed by atoms with E-state index in [1.54, 1.807) is 0 Å². The first-order valence-electron chi connectivity index (χ1n) is 5.28. The predicted molar refractivity (Wildman–Crippen MR) is 62.6 cm³/mol. The van der Waals surface area contributed by atoms with Crippen LogP contribution in [0.1, 0.15) is 40.0 Å². The van der Waals surface area contributed by atoms with E-state index in [4.69, 9.17) is 0 Å². The summed E-state index contributed by atoms with van der Waals surface area (Å²) >= 11 is 1.87. The first-order chi connectivity index (χ1) is 6.60. The lowest BCUT2D eigenvalue weighted by molar-refractivity contribution is -0.140. The molecule has 2 atom stereocenters. The number of carbonyl (C=O) groups excluding carboxylic acids is 1. The summed E-state index contributed by atoms with van der Waals surface area (Å²) in [6, 6.07) is 0. The maximum absolute atomic E-state index is 11.0. The molecule has 84 valence electrons. The van der Waals surface area contributed by atoms with E-state index in [1.807, 2.05) is 11.8 Å². The summed E-state index contributed by atoms with van der Waals surface area (Å²) in [5.74, 6) is 1.80. The smallest absolute Gasteiger partial charge is 0.306 e. The summed E-state index contributed by atoms with van der Waals surface area (Å²) in [7, 11) is 1.44. The second-order valence-electron chi connectivity index (χ2n) is 3.82. The maximum atomic E-state index is 11.0. The van der Waals surface area contributed by atoms with Crippen LogP contribution in [0.15, 0.2) is 0 Å². The van der Waals surface area contributed by atoms with Gasteiger partial charge in [0.25, 0.3) is 0 Å². The van der Waals surface area contributed by atoms with E-state index in [2.05, 4.69) is 25.5 Å². The van der Waals surface area contributed by atoms with Gasteiger partial charge in [0, 0.05) is 5.25 Å². The van der Waals surface area contributed by atoms with Crippen molar-refractivity contribution in [1.29, 1.82) is 0 Å². The van der Waals surface area contributed by atoms with Crippen LogP contribution in [-0.4, -0.2) is 24.1 Å². The average Bonchev–Trinajstić information content (AvgIpc) is 2.15. The van der Waals surface area contributed by atoms with Crippen molar-refractivity contribution in [3.63, 3.8) is 0 Å². The van der Waals surface area contributed by atoms with E-state index in [0.717, 1.165) is 11.7 Å². The predicted octanol–water partition coefficient (Wildman–Crippen LogP) is 3.11. The van der Waals surface area contributed by atoms with Gasteiger partial charge in [-0.3, -0.25) is 4.79 Å². The highest BCUT2D eigenvalue weighted by Crippen LogP contribution is 2.20. The molecule has 0 fully saturated rings. The molecule has 0 aromatic carbocycles. The highest BCUT2D eigenvalue weighted by molar-refractivity contribution is 7.99. The van der Waals surface area contributed by atoms with Gasteiger partial charge >= 0.3 is 5.97 Å². The van der Waals surface area contributed by atoms with Crippen molar-refractivity contribution in [2.75, 3.05) is 12.9 Å². The van der Waals surface area contributed by atoms with Gasteiger partial charge in [0.15, 0.2) is 0 Å². The van der Waals surface area contributed by atoms with E-state index in [9.17, 15) is 4.79 Å². The molecule has 0 aromatic rings. The molecule has 0 aliphatic heterocycles. The third-order valence-electron chi connectivity index (χ3n) is 2.13. The van der Waals surface area contributed by atoms with E-state index < -0.39 is 0 Å². The van der Waals surface area contributed by atoms with Crippen LogP contribution in [0.3, 0.4) is 0 Å². The van der Waals surface area contributed by atoms with E-state index in [-0.39, 0.29) is 5.97 Å². The Balaban J connectivity index is 3.52. The molecule has 0 spiro atoms. The standard InChI is InChI=1S/C11H22O2S/c1-5-6-9(2)8-14-10(3)7-11(12)13-4/h9-10H,5-8H2,1-4H3. The van der Waals surface area contributed by atoms with Gasteiger partial charge in [-0.2, -0.15) is 11.8 Å². The third kappa shape index (κ3) is 7.25. The molecule has 0 saturated heterocycles. The zero-order valence-corrected chi connectivity index (χ0v) is 10.5. The fraction of sp³-hybridized carbons (Fsp3) is 0.909. The lowest BCUT2D eigenvalue weighted by Crippen LogP contribution is -2.10. The van der Waals surface area contributed by atoms with Crippen molar-refractivity contribution in [2.45, 2.75) is 45.3 Å². The first kappa shape index (κ1) is 13.8. The summed E-state index contributed by atoms with van der Waals surface area (Å²) in [6.45, 7) is 6.56. The minimum atomic E-state index is -0.104. The van der Waals surface area contributed by atoms with Crippen molar-refractivity contribution in [1.82, 2.24) is 0 Å². The molecule has 0 radical (unpaired) electrons. The lowest BCUT2D eigenvalue weighted by atomic mass is 10.1. The Morgan fingerprint density at radius 3 is 2.57 bits per heavy atom. The normalized spacial score (nSPS) is 14.9. The zero-order valence-electron chi connectivity index (χ0n) is 9.71. The Kier molecular flexibility index (Phi) is 8.05. The van der Waals surface area contributed by atoms with Crippen molar-refractivity contribution in [3.05, 3.63) is 0 Å². The Morgan fingerprint density at radius 1 is 1.43 bits per heavy atom. The molecule has 0 saturated carbocycles. The van der Waals surface area contributed by atoms with Gasteiger partial charge in [-0.05, 0) is 11.7 Å². The molecule has 0 aromatic heterocycles. The number of hydrogen-bond donors (Lipinski definition) is 0. The number of ether oxygens (including phenoxy) is 1. The molecule has 0 rings (SSSR count). The summed E-state index contributed by atoms with van der Waals surface area (Å²) in [6.07, 6.45) is 3.05. The SMILES string of the molecule is CCCC(C)CSC(C)CC(=O)OC. The molecular formula is C11H22O2S. The molecule has 0 aliphatic carbocycles. The summed E-state index contributed by atoms with van der Waals surface area (Å²) in [5.41, 5.74) is 0. The van der Waals surface area contributed by atoms with Crippen molar-refractivity contribution in [3.8, 4) is 0 Å². The highest BCUT2D eigenvalue weighted by atomic mass is 32.2. The number of methoxy groups -OCH3 is 1. The van der Waals surface area contributed by atoms with Gasteiger partial charge < -0.3 is 4.74 Å². The molecule has 0 bridgehead atoms. The van der Waals surface area contributed by atoms with Gasteiger partial charge in [0.1, 0.15) is 0 Å². The van der Waals surface area contributed by atoms with Crippen LogP contribution in [0, 0.1) is 5.92 Å². The summed E-state index contributed by atoms with van der Waals surface area (Å²) in [5, 5.41) is 0.377. The number of rotatable bonds is 7. The molecule has 0 N–H and O–H groups in total. The molecule has 0 aliphatic rings. The molecule has 2 nitrogen and oxygen atoms in total. The number of carbonyl (C=O) groups is 1. The Hall–Kier alpha value is -0.180. The van der Waals surface area contributed by atoms with E-state index in [0.29, 0.717) is 11.7 Å². The van der Waals surface area contributed by atoms with Crippen molar-refractivity contribution in [2.24, 2.45) is 5.92 Å². The largest absolute Gasteiger partial charge is 0.469 e. The minimum absolute atomic E-state index is 0.104. The molecular weight excluding hydrogens is 196 g/mol. The van der Waals surface area contributed by atoms with Gasteiger partial charge in [-0.15, -0.1) is 0 Å². The van der Waals surface area contributed by atoms with Crippen LogP contribution in [-0.2, 0) is 9.53 Å². The molecule has 0 amide bonds. The average molecular weight is 218 g/mol. The quantitative estimate of drug-likeness (QED) is 0.614. The van der Waals surface area contributed by atoms with Crippen LogP contribution in [0.4, 0.5) is 0 Å². The van der Waals surface area contributed by atoms with Crippen LogP contribution < -0.4 is 0 Å². The van der Waals surface area contributed by atoms with Gasteiger partial charge in [-0.25, -0.2) is 0 Å². The van der Waals surface area contributed by atoms with Gasteiger partial charge in [0.05, 0.1) is 13.5 Å². The van der Waals surface area contributed by atoms with E-state index in [1.165, 1.54) is 20.0 Å². The van der Waals surface area contributed by atoms with Gasteiger partial charge in [-0.1, -0.05) is 33.6 Å². The fourth-order valence-corrected chi connectivity index (χ4v) is 2.36. The topological polar surface area (TPSA) is 26.3 Å². The van der Waals surface area contributed by atoms with Crippen LogP contribution in [0.2, 0.25) is 0 Å². The third-order valence-corrected chi connectivity index (χ3v) is 3.63. The summed E-state index contributed by atoms with van der Waals surface area (Å²) < 4.78 is 4.62. The minimum Gasteiger partial charge on any atom is -0.469 e. The lowest BCUT2D eigenvalue weighted by Gasteiger charge is -2.13. The summed E-state index contributed by atoms with van der Waals surface area (Å²) in [4.78, 5) is 11.0. The Labute approximate surface area is 91.8 Å². The molecule has 2 unspecified atom stereocenters. The number of thioether (sulfide) groups is 1. The zero-order chi connectivity index (χ0) is 11.0. The Morgan fingerprint density at radius 2 is 2.07 bits per heavy atom.